The molecule has 1 aliphatic heterocycles. The number of Topliss-reactive ketones (excluding diaryl/α,β-unsaturated/α-hetero) is 1. The molecule has 1 aromatic carbocycles. The van der Waals surface area contributed by atoms with Gasteiger partial charge in [-0.3, -0.25) is 4.79 Å². The second-order valence-electron chi connectivity index (χ2n) is 5.94. The fraction of sp³-hybridized carbons (Fsp3) is 0.353. The first-order valence-electron chi connectivity index (χ1n) is 8.05. The Morgan fingerprint density at radius 3 is 2.80 bits per heavy atom. The maximum Gasteiger partial charge on any atom is 0.219 e. The Hall–Kier alpha value is -3.03. The lowest BCUT2D eigenvalue weighted by Crippen LogP contribution is -2.24. The molecular weight excluding hydrogens is 324 g/mol. The van der Waals surface area contributed by atoms with Crippen LogP contribution in [0, 0.1) is 0 Å². The highest BCUT2D eigenvalue weighted by Gasteiger charge is 2.35. The van der Waals surface area contributed by atoms with Crippen molar-refractivity contribution >= 4 is 17.4 Å². The lowest BCUT2D eigenvalue weighted by atomic mass is 9.86. The summed E-state index contributed by atoms with van der Waals surface area (Å²) < 4.78 is 15.7. The van der Waals surface area contributed by atoms with Crippen molar-refractivity contribution < 1.29 is 18.9 Å². The summed E-state index contributed by atoms with van der Waals surface area (Å²) in [5.41, 5.74) is 2.31. The van der Waals surface area contributed by atoms with Gasteiger partial charge in [-0.15, -0.1) is 0 Å². The largest absolute Gasteiger partial charge is 0.497 e. The van der Waals surface area contributed by atoms with Gasteiger partial charge in [0.25, 0.3) is 0 Å². The molecule has 1 aromatic heterocycles. The summed E-state index contributed by atoms with van der Waals surface area (Å²) in [6.07, 6.45) is 2.07. The number of hydrogen-bond acceptors (Lipinski definition) is 8. The fourth-order valence-electron chi connectivity index (χ4n) is 3.34. The molecule has 2 aromatic rings. The van der Waals surface area contributed by atoms with Crippen LogP contribution in [0.2, 0.25) is 0 Å². The van der Waals surface area contributed by atoms with Crippen LogP contribution in [0.4, 0.5) is 11.6 Å². The molecule has 2 N–H and O–H groups in total. The zero-order chi connectivity index (χ0) is 17.4. The molecule has 0 saturated carbocycles. The third-order valence-corrected chi connectivity index (χ3v) is 4.53. The van der Waals surface area contributed by atoms with Gasteiger partial charge in [0.1, 0.15) is 11.5 Å². The van der Waals surface area contributed by atoms with Crippen molar-refractivity contribution in [3.63, 3.8) is 0 Å². The highest BCUT2D eigenvalue weighted by atomic mass is 16.6. The van der Waals surface area contributed by atoms with Gasteiger partial charge in [0.15, 0.2) is 5.78 Å². The maximum atomic E-state index is 12.7. The number of ketones is 1. The Labute approximate surface area is 144 Å². The molecule has 1 atom stereocenters. The zero-order valence-electron chi connectivity index (χ0n) is 14.0. The van der Waals surface area contributed by atoms with Crippen LogP contribution in [0.3, 0.4) is 0 Å². The fourth-order valence-corrected chi connectivity index (χ4v) is 3.34. The molecule has 0 saturated heterocycles. The minimum Gasteiger partial charge on any atom is -0.497 e. The molecular formula is C17H18N4O4. The Morgan fingerprint density at radius 1 is 1.16 bits per heavy atom. The van der Waals surface area contributed by atoms with Crippen LogP contribution in [0.15, 0.2) is 34.1 Å². The van der Waals surface area contributed by atoms with Gasteiger partial charge in [0.05, 0.1) is 20.3 Å². The Bertz CT molecular complexity index is 858. The van der Waals surface area contributed by atoms with Gasteiger partial charge in [-0.25, -0.2) is 4.63 Å². The van der Waals surface area contributed by atoms with Gasteiger partial charge >= 0.3 is 0 Å². The minimum atomic E-state index is -0.437. The Balaban J connectivity index is 1.90. The van der Waals surface area contributed by atoms with Crippen LogP contribution in [-0.2, 0) is 4.79 Å². The van der Waals surface area contributed by atoms with E-state index in [9.17, 15) is 4.79 Å². The van der Waals surface area contributed by atoms with Crippen LogP contribution in [-0.4, -0.2) is 30.3 Å². The lowest BCUT2D eigenvalue weighted by Gasteiger charge is -2.26. The standard InChI is InChI=1S/C17H18N4O4/c1-23-9-6-7-13(24-2)10(8-9)15-14-11(4-3-5-12(14)22)18-16-17(19-15)21-25-20-16/h6-8,15H,3-5H2,1-2H3,(H,18,20)(H,19,21)/t15-/m0/s1. The van der Waals surface area contributed by atoms with Crippen molar-refractivity contribution in [1.82, 2.24) is 10.3 Å². The minimum absolute atomic E-state index is 0.0956. The Morgan fingerprint density at radius 2 is 2.00 bits per heavy atom. The van der Waals surface area contributed by atoms with E-state index >= 15 is 0 Å². The summed E-state index contributed by atoms with van der Waals surface area (Å²) in [4.78, 5) is 12.7. The molecule has 2 aliphatic rings. The Kier molecular flexibility index (Phi) is 3.79. The molecule has 130 valence electrons. The third kappa shape index (κ3) is 2.59. The number of nitrogens with one attached hydrogen (secondary N) is 2. The second-order valence-corrected chi connectivity index (χ2v) is 5.94. The number of ether oxygens (including phenoxy) is 2. The lowest BCUT2D eigenvalue weighted by molar-refractivity contribution is -0.116. The number of aromatic nitrogens is 2. The smallest absolute Gasteiger partial charge is 0.219 e. The molecule has 8 nitrogen and oxygen atoms in total. The average Bonchev–Trinajstić information content (AvgIpc) is 3.00. The summed E-state index contributed by atoms with van der Waals surface area (Å²) in [6.45, 7) is 0. The van der Waals surface area contributed by atoms with E-state index in [0.717, 1.165) is 24.1 Å². The topological polar surface area (TPSA) is 98.5 Å². The average molecular weight is 342 g/mol. The van der Waals surface area contributed by atoms with Crippen molar-refractivity contribution in [1.29, 1.82) is 0 Å². The summed E-state index contributed by atoms with van der Waals surface area (Å²) >= 11 is 0. The quantitative estimate of drug-likeness (QED) is 0.878. The number of anilines is 2. The van der Waals surface area contributed by atoms with E-state index in [1.54, 1.807) is 14.2 Å². The van der Waals surface area contributed by atoms with E-state index in [-0.39, 0.29) is 5.78 Å². The van der Waals surface area contributed by atoms with E-state index in [1.165, 1.54) is 0 Å². The number of carbonyl (C=O) groups excluding carboxylic acids is 1. The van der Waals surface area contributed by atoms with Crippen LogP contribution in [0.1, 0.15) is 30.9 Å². The van der Waals surface area contributed by atoms with Crippen LogP contribution < -0.4 is 20.1 Å². The van der Waals surface area contributed by atoms with Crippen LogP contribution in [0.25, 0.3) is 0 Å². The number of carbonyl (C=O) groups is 1. The first-order chi connectivity index (χ1) is 12.2. The van der Waals surface area contributed by atoms with Gasteiger partial charge < -0.3 is 20.1 Å². The maximum absolute atomic E-state index is 12.7. The summed E-state index contributed by atoms with van der Waals surface area (Å²) in [6, 6.07) is 5.07. The van der Waals surface area contributed by atoms with Gasteiger partial charge in [-0.2, -0.15) is 0 Å². The highest BCUT2D eigenvalue weighted by molar-refractivity contribution is 6.00. The van der Waals surface area contributed by atoms with Gasteiger partial charge in [-0.1, -0.05) is 0 Å². The molecule has 4 rings (SSSR count). The molecule has 0 spiro atoms. The SMILES string of the molecule is COc1ccc(OC)c([C@@H]2Nc3nonc3NC3=C2C(=O)CCC3)c1. The van der Waals surface area contributed by atoms with E-state index in [2.05, 4.69) is 20.9 Å². The summed E-state index contributed by atoms with van der Waals surface area (Å²) in [5, 5.41) is 14.2. The first-order valence-corrected chi connectivity index (χ1v) is 8.05. The number of hydrogen-bond donors (Lipinski definition) is 2. The molecule has 2 heterocycles. The van der Waals surface area contributed by atoms with Crippen LogP contribution in [0.5, 0.6) is 11.5 Å². The van der Waals surface area contributed by atoms with E-state index in [0.29, 0.717) is 35.1 Å². The molecule has 0 radical (unpaired) electrons. The van der Waals surface area contributed by atoms with E-state index in [1.807, 2.05) is 18.2 Å². The van der Waals surface area contributed by atoms with Crippen molar-refractivity contribution in [3.8, 4) is 11.5 Å². The van der Waals surface area contributed by atoms with Crippen molar-refractivity contribution in [3.05, 3.63) is 35.0 Å². The number of allylic oxidation sites excluding steroid dienone is 1. The predicted octanol–water partition coefficient (Wildman–Crippen LogP) is 2.67. The molecule has 0 unspecified atom stereocenters. The van der Waals surface area contributed by atoms with Crippen LogP contribution >= 0.6 is 0 Å². The van der Waals surface area contributed by atoms with Gasteiger partial charge in [-0.05, 0) is 41.4 Å². The number of methoxy groups -OCH3 is 2. The van der Waals surface area contributed by atoms with E-state index in [4.69, 9.17) is 14.1 Å². The van der Waals surface area contributed by atoms with Crippen molar-refractivity contribution in [2.24, 2.45) is 0 Å². The van der Waals surface area contributed by atoms with E-state index < -0.39 is 6.04 Å². The molecule has 25 heavy (non-hydrogen) atoms. The van der Waals surface area contributed by atoms with Gasteiger partial charge in [0, 0.05) is 23.3 Å². The molecule has 0 bridgehead atoms. The molecule has 8 heteroatoms. The zero-order valence-corrected chi connectivity index (χ0v) is 14.0. The van der Waals surface area contributed by atoms with Crippen molar-refractivity contribution in [2.75, 3.05) is 24.9 Å². The van der Waals surface area contributed by atoms with Crippen molar-refractivity contribution in [2.45, 2.75) is 25.3 Å². The third-order valence-electron chi connectivity index (χ3n) is 4.53. The molecule has 0 fully saturated rings. The first kappa shape index (κ1) is 15.5. The van der Waals surface area contributed by atoms with Gasteiger partial charge in [0.2, 0.25) is 11.6 Å². The normalized spacial score (nSPS) is 19.3. The predicted molar refractivity (Wildman–Crippen MR) is 89.7 cm³/mol. The summed E-state index contributed by atoms with van der Waals surface area (Å²) in [7, 11) is 3.20. The second kappa shape index (κ2) is 6.12. The molecule has 0 amide bonds. The summed E-state index contributed by atoms with van der Waals surface area (Å²) in [5.74, 6) is 2.36. The monoisotopic (exact) mass is 342 g/mol. The number of benzene rings is 1. The number of rotatable bonds is 3. The number of fused-ring (bicyclic) bond motifs is 1. The number of nitrogens with zero attached hydrogens (tertiary/aromatic N) is 2. The molecule has 1 aliphatic carbocycles. The highest BCUT2D eigenvalue weighted by Crippen LogP contribution is 2.42.